The molecule has 0 heterocycles. The third-order valence-corrected chi connectivity index (χ3v) is 3.09. The van der Waals surface area contributed by atoms with E-state index in [1.165, 1.54) is 25.3 Å². The number of carbonyl (C=O) groups is 2. The fraction of sp³-hybridized carbons (Fsp3) is 0.263. The van der Waals surface area contributed by atoms with Gasteiger partial charge in [-0.3, -0.25) is 9.59 Å². The molecule has 0 amide bonds. The van der Waals surface area contributed by atoms with Crippen molar-refractivity contribution in [2.45, 2.75) is 33.6 Å². The van der Waals surface area contributed by atoms with Crippen molar-refractivity contribution in [2.75, 3.05) is 0 Å². The zero-order valence-corrected chi connectivity index (χ0v) is 12.9. The molecule has 21 heavy (non-hydrogen) atoms. The van der Waals surface area contributed by atoms with E-state index in [-0.39, 0.29) is 0 Å². The lowest BCUT2D eigenvalue weighted by Crippen LogP contribution is -2.10. The van der Waals surface area contributed by atoms with Gasteiger partial charge in [-0.1, -0.05) is 67.9 Å². The molecule has 0 unspecified atom stereocenters. The minimum absolute atomic E-state index is 0.409. The largest absolute Gasteiger partial charge is 0.291 e. The highest BCUT2D eigenvalue weighted by atomic mass is 16.2. The Labute approximate surface area is 126 Å². The van der Waals surface area contributed by atoms with E-state index in [1.807, 2.05) is 19.1 Å². The second-order valence-corrected chi connectivity index (χ2v) is 4.94. The zero-order chi connectivity index (χ0) is 15.7. The Hall–Kier alpha value is -2.22. The van der Waals surface area contributed by atoms with Crippen LogP contribution in [0.4, 0.5) is 0 Å². The minimum Gasteiger partial charge on any atom is -0.291 e. The maximum absolute atomic E-state index is 11.2. The van der Waals surface area contributed by atoms with Gasteiger partial charge in [0.2, 0.25) is 5.78 Å². The summed E-state index contributed by atoms with van der Waals surface area (Å²) >= 11 is 0. The van der Waals surface area contributed by atoms with E-state index >= 15 is 0 Å². The van der Waals surface area contributed by atoms with Gasteiger partial charge in [0.05, 0.1) is 0 Å². The van der Waals surface area contributed by atoms with Crippen LogP contribution in [0.1, 0.15) is 41.8 Å². The lowest BCUT2D eigenvalue weighted by Gasteiger charge is -1.99. The van der Waals surface area contributed by atoms with Crippen molar-refractivity contribution >= 4 is 11.6 Å². The van der Waals surface area contributed by atoms with Crippen LogP contribution in [0.5, 0.6) is 0 Å². The van der Waals surface area contributed by atoms with Gasteiger partial charge in [-0.25, -0.2) is 0 Å². The average Bonchev–Trinajstić information content (AvgIpc) is 2.49. The molecule has 0 aromatic heterocycles. The molecule has 110 valence electrons. The van der Waals surface area contributed by atoms with Crippen LogP contribution in [0.25, 0.3) is 0 Å². The standard InChI is InChI=1S/C10H10O2.C9H12/c1-7-5-3-4-6-9(7)10(12)8(2)11;1-2-6-9-7-4-3-5-8-9/h3-6H,1-2H3;3-5,7-8H,2,6H2,1H3. The minimum atomic E-state index is -0.413. The van der Waals surface area contributed by atoms with E-state index in [9.17, 15) is 9.59 Å². The van der Waals surface area contributed by atoms with Gasteiger partial charge in [0.15, 0.2) is 5.78 Å². The van der Waals surface area contributed by atoms with Crippen molar-refractivity contribution in [2.24, 2.45) is 0 Å². The quantitative estimate of drug-likeness (QED) is 0.615. The molecule has 0 aliphatic rings. The molecule has 2 rings (SSSR count). The molecular weight excluding hydrogens is 260 g/mol. The van der Waals surface area contributed by atoms with Crippen LogP contribution in [0, 0.1) is 6.92 Å². The highest BCUT2D eigenvalue weighted by molar-refractivity contribution is 6.43. The van der Waals surface area contributed by atoms with Crippen molar-refractivity contribution in [1.82, 2.24) is 0 Å². The van der Waals surface area contributed by atoms with Crippen LogP contribution in [0.3, 0.4) is 0 Å². The molecule has 0 N–H and O–H groups in total. The van der Waals surface area contributed by atoms with Gasteiger partial charge in [0, 0.05) is 12.5 Å². The molecule has 2 aromatic carbocycles. The summed E-state index contributed by atoms with van der Waals surface area (Å²) in [7, 11) is 0. The summed E-state index contributed by atoms with van der Waals surface area (Å²) in [4.78, 5) is 22.0. The Morgan fingerprint density at radius 2 is 1.48 bits per heavy atom. The van der Waals surface area contributed by atoms with Crippen molar-refractivity contribution in [3.05, 3.63) is 71.3 Å². The molecule has 0 spiro atoms. The van der Waals surface area contributed by atoms with Crippen molar-refractivity contribution in [3.8, 4) is 0 Å². The molecule has 0 aliphatic heterocycles. The molecule has 2 nitrogen and oxygen atoms in total. The monoisotopic (exact) mass is 282 g/mol. The second kappa shape index (κ2) is 8.85. The number of ketones is 2. The summed E-state index contributed by atoms with van der Waals surface area (Å²) in [6.07, 6.45) is 2.45. The second-order valence-electron chi connectivity index (χ2n) is 4.94. The Balaban J connectivity index is 0.000000219. The normalized spacial score (nSPS) is 9.48. The number of carbonyl (C=O) groups excluding carboxylic acids is 2. The zero-order valence-electron chi connectivity index (χ0n) is 12.9. The van der Waals surface area contributed by atoms with E-state index in [0.717, 1.165) is 5.56 Å². The maximum atomic E-state index is 11.2. The van der Waals surface area contributed by atoms with Gasteiger partial charge in [0.1, 0.15) is 0 Å². The third-order valence-electron chi connectivity index (χ3n) is 3.09. The Kier molecular flexibility index (Phi) is 7.10. The molecule has 0 bridgehead atoms. The van der Waals surface area contributed by atoms with Crippen LogP contribution in [0.2, 0.25) is 0 Å². The van der Waals surface area contributed by atoms with E-state index in [1.54, 1.807) is 12.1 Å². The summed E-state index contributed by atoms with van der Waals surface area (Å²) in [6.45, 7) is 5.30. The van der Waals surface area contributed by atoms with Gasteiger partial charge in [-0.15, -0.1) is 0 Å². The maximum Gasteiger partial charge on any atom is 0.228 e. The van der Waals surface area contributed by atoms with Gasteiger partial charge in [-0.05, 0) is 24.5 Å². The van der Waals surface area contributed by atoms with Crippen LogP contribution in [-0.4, -0.2) is 11.6 Å². The number of aryl methyl sites for hydroxylation is 2. The number of benzene rings is 2. The van der Waals surface area contributed by atoms with E-state index in [4.69, 9.17) is 0 Å². The Morgan fingerprint density at radius 1 is 0.905 bits per heavy atom. The lowest BCUT2D eigenvalue weighted by molar-refractivity contribution is -0.113. The van der Waals surface area contributed by atoms with Crippen molar-refractivity contribution < 1.29 is 9.59 Å². The SMILES string of the molecule is CC(=O)C(=O)c1ccccc1C.CCCc1ccccc1. The molecule has 0 fully saturated rings. The summed E-state index contributed by atoms with van der Waals surface area (Å²) in [5.74, 6) is -0.822. The molecule has 0 radical (unpaired) electrons. The van der Waals surface area contributed by atoms with Gasteiger partial charge >= 0.3 is 0 Å². The van der Waals surface area contributed by atoms with Crippen LogP contribution >= 0.6 is 0 Å². The first kappa shape index (κ1) is 16.8. The Bertz CT molecular complexity index is 586. The van der Waals surface area contributed by atoms with Crippen LogP contribution < -0.4 is 0 Å². The van der Waals surface area contributed by atoms with Crippen LogP contribution in [-0.2, 0) is 11.2 Å². The lowest BCUT2D eigenvalue weighted by atomic mass is 10.0. The highest BCUT2D eigenvalue weighted by Crippen LogP contribution is 2.07. The molecule has 0 atom stereocenters. The first-order chi connectivity index (χ1) is 10.1. The van der Waals surface area contributed by atoms with E-state index < -0.39 is 11.6 Å². The summed E-state index contributed by atoms with van der Waals surface area (Å²) in [6, 6.07) is 17.6. The molecule has 2 aromatic rings. The number of Topliss-reactive ketones (excluding diaryl/α,β-unsaturated/α-hetero) is 2. The number of rotatable bonds is 4. The molecule has 0 saturated carbocycles. The summed E-state index contributed by atoms with van der Waals surface area (Å²) in [5, 5.41) is 0. The summed E-state index contributed by atoms with van der Waals surface area (Å²) < 4.78 is 0. The molecule has 0 saturated heterocycles. The fourth-order valence-electron chi connectivity index (χ4n) is 1.95. The molecule has 2 heteroatoms. The Morgan fingerprint density at radius 3 is 2.00 bits per heavy atom. The average molecular weight is 282 g/mol. The fourth-order valence-corrected chi connectivity index (χ4v) is 1.95. The predicted octanol–water partition coefficient (Wildman–Crippen LogP) is 4.41. The van der Waals surface area contributed by atoms with Crippen LogP contribution in [0.15, 0.2) is 54.6 Å². The molecular formula is C19H22O2. The van der Waals surface area contributed by atoms with E-state index in [0.29, 0.717) is 5.56 Å². The predicted molar refractivity (Wildman–Crippen MR) is 86.6 cm³/mol. The van der Waals surface area contributed by atoms with Gasteiger partial charge in [0.25, 0.3) is 0 Å². The van der Waals surface area contributed by atoms with Crippen molar-refractivity contribution in [1.29, 1.82) is 0 Å². The molecule has 0 aliphatic carbocycles. The summed E-state index contributed by atoms with van der Waals surface area (Å²) in [5.41, 5.74) is 2.79. The van der Waals surface area contributed by atoms with Gasteiger partial charge < -0.3 is 0 Å². The third kappa shape index (κ3) is 5.74. The first-order valence-electron chi connectivity index (χ1n) is 7.21. The topological polar surface area (TPSA) is 34.1 Å². The van der Waals surface area contributed by atoms with Gasteiger partial charge in [-0.2, -0.15) is 0 Å². The van der Waals surface area contributed by atoms with Crippen molar-refractivity contribution in [3.63, 3.8) is 0 Å². The first-order valence-corrected chi connectivity index (χ1v) is 7.21. The number of hydrogen-bond acceptors (Lipinski definition) is 2. The number of hydrogen-bond donors (Lipinski definition) is 0. The highest BCUT2D eigenvalue weighted by Gasteiger charge is 2.12. The van der Waals surface area contributed by atoms with E-state index in [2.05, 4.69) is 37.3 Å². The smallest absolute Gasteiger partial charge is 0.228 e.